The molecule has 3 rings (SSSR count). The molecule has 2 saturated heterocycles. The molecule has 0 atom stereocenters. The van der Waals surface area contributed by atoms with Crippen molar-refractivity contribution in [2.45, 2.75) is 18.9 Å². The van der Waals surface area contributed by atoms with Crippen molar-refractivity contribution in [2.24, 2.45) is 5.92 Å². The predicted molar refractivity (Wildman–Crippen MR) is 69.7 cm³/mol. The SMILES string of the molecule is O=C(NC1CN(c2cnccn2)C1)C1CCOCC1. The Bertz CT molecular complexity index is 428. The fourth-order valence-electron chi connectivity index (χ4n) is 2.49. The zero-order valence-electron chi connectivity index (χ0n) is 10.8. The number of rotatable bonds is 3. The summed E-state index contributed by atoms with van der Waals surface area (Å²) in [5, 5.41) is 3.10. The van der Waals surface area contributed by atoms with Crippen molar-refractivity contribution in [1.29, 1.82) is 0 Å². The lowest BCUT2D eigenvalue weighted by Gasteiger charge is -2.40. The first kappa shape index (κ1) is 12.3. The lowest BCUT2D eigenvalue weighted by Crippen LogP contribution is -2.60. The summed E-state index contributed by atoms with van der Waals surface area (Å²) in [6, 6.07) is 0.234. The Kier molecular flexibility index (Phi) is 3.59. The Balaban J connectivity index is 1.45. The molecule has 0 bridgehead atoms. The van der Waals surface area contributed by atoms with Gasteiger partial charge in [-0.3, -0.25) is 9.78 Å². The quantitative estimate of drug-likeness (QED) is 0.843. The van der Waals surface area contributed by atoms with E-state index in [1.54, 1.807) is 18.6 Å². The maximum absolute atomic E-state index is 12.0. The summed E-state index contributed by atoms with van der Waals surface area (Å²) < 4.78 is 5.27. The van der Waals surface area contributed by atoms with Crippen molar-refractivity contribution < 1.29 is 9.53 Å². The molecule has 0 radical (unpaired) electrons. The second-order valence-electron chi connectivity index (χ2n) is 5.06. The van der Waals surface area contributed by atoms with Crippen molar-refractivity contribution >= 4 is 11.7 Å². The molecule has 0 unspecified atom stereocenters. The number of anilines is 1. The van der Waals surface area contributed by atoms with E-state index >= 15 is 0 Å². The molecule has 3 heterocycles. The van der Waals surface area contributed by atoms with Gasteiger partial charge in [0.15, 0.2) is 0 Å². The van der Waals surface area contributed by atoms with E-state index in [1.807, 2.05) is 0 Å². The van der Waals surface area contributed by atoms with E-state index in [0.717, 1.165) is 31.7 Å². The Morgan fingerprint density at radius 2 is 2.11 bits per heavy atom. The fourth-order valence-corrected chi connectivity index (χ4v) is 2.49. The van der Waals surface area contributed by atoms with Crippen LogP contribution in [0.3, 0.4) is 0 Å². The lowest BCUT2D eigenvalue weighted by atomic mass is 9.98. The first-order chi connectivity index (χ1) is 9.33. The van der Waals surface area contributed by atoms with Crippen molar-refractivity contribution in [3.63, 3.8) is 0 Å². The fraction of sp³-hybridized carbons (Fsp3) is 0.615. The normalized spacial score (nSPS) is 20.9. The highest BCUT2D eigenvalue weighted by atomic mass is 16.5. The average Bonchev–Trinajstić information content (AvgIpc) is 2.44. The van der Waals surface area contributed by atoms with E-state index in [4.69, 9.17) is 4.74 Å². The van der Waals surface area contributed by atoms with Crippen LogP contribution in [0.1, 0.15) is 12.8 Å². The molecule has 1 aromatic heterocycles. The number of hydrogen-bond donors (Lipinski definition) is 1. The molecule has 0 aliphatic carbocycles. The molecule has 102 valence electrons. The standard InChI is InChI=1S/C13H18N4O2/c18-13(10-1-5-19-6-2-10)16-11-8-17(9-11)12-7-14-3-4-15-12/h3-4,7,10-11H,1-2,5-6,8-9H2,(H,16,18). The van der Waals surface area contributed by atoms with E-state index in [2.05, 4.69) is 20.2 Å². The van der Waals surface area contributed by atoms with Gasteiger partial charge >= 0.3 is 0 Å². The van der Waals surface area contributed by atoms with Crippen molar-refractivity contribution in [1.82, 2.24) is 15.3 Å². The van der Waals surface area contributed by atoms with Crippen LogP contribution in [0.15, 0.2) is 18.6 Å². The maximum Gasteiger partial charge on any atom is 0.223 e. The van der Waals surface area contributed by atoms with Gasteiger partial charge in [-0.2, -0.15) is 0 Å². The Labute approximate surface area is 112 Å². The number of hydrogen-bond acceptors (Lipinski definition) is 5. The highest BCUT2D eigenvalue weighted by molar-refractivity contribution is 5.79. The third-order valence-electron chi connectivity index (χ3n) is 3.69. The highest BCUT2D eigenvalue weighted by Crippen LogP contribution is 2.19. The second kappa shape index (κ2) is 5.52. The highest BCUT2D eigenvalue weighted by Gasteiger charge is 2.31. The van der Waals surface area contributed by atoms with Gasteiger partial charge in [-0.05, 0) is 12.8 Å². The Morgan fingerprint density at radius 1 is 1.32 bits per heavy atom. The summed E-state index contributed by atoms with van der Waals surface area (Å²) in [6.07, 6.45) is 6.77. The minimum Gasteiger partial charge on any atom is -0.381 e. The second-order valence-corrected chi connectivity index (χ2v) is 5.06. The van der Waals surface area contributed by atoms with E-state index in [9.17, 15) is 4.79 Å². The van der Waals surface area contributed by atoms with Crippen molar-refractivity contribution in [3.8, 4) is 0 Å². The van der Waals surface area contributed by atoms with Crippen LogP contribution in [0, 0.1) is 5.92 Å². The van der Waals surface area contributed by atoms with Crippen LogP contribution in [-0.4, -0.2) is 48.2 Å². The molecule has 0 aromatic carbocycles. The van der Waals surface area contributed by atoms with Crippen LogP contribution < -0.4 is 10.2 Å². The van der Waals surface area contributed by atoms with Crippen LogP contribution >= 0.6 is 0 Å². The molecule has 0 saturated carbocycles. The van der Waals surface area contributed by atoms with Crippen LogP contribution in [0.2, 0.25) is 0 Å². The molecular weight excluding hydrogens is 244 g/mol. The van der Waals surface area contributed by atoms with Gasteiger partial charge in [-0.15, -0.1) is 0 Å². The van der Waals surface area contributed by atoms with Gasteiger partial charge in [0.1, 0.15) is 5.82 Å². The molecule has 19 heavy (non-hydrogen) atoms. The van der Waals surface area contributed by atoms with Gasteiger partial charge in [-0.1, -0.05) is 0 Å². The molecule has 6 nitrogen and oxygen atoms in total. The average molecular weight is 262 g/mol. The monoisotopic (exact) mass is 262 g/mol. The molecule has 1 aromatic rings. The van der Waals surface area contributed by atoms with Crippen LogP contribution in [-0.2, 0) is 9.53 Å². The Morgan fingerprint density at radius 3 is 2.79 bits per heavy atom. The molecule has 1 N–H and O–H groups in total. The van der Waals surface area contributed by atoms with Gasteiger partial charge in [0.25, 0.3) is 0 Å². The number of ether oxygens (including phenoxy) is 1. The van der Waals surface area contributed by atoms with Crippen LogP contribution in [0.25, 0.3) is 0 Å². The van der Waals surface area contributed by atoms with Crippen LogP contribution in [0.4, 0.5) is 5.82 Å². The summed E-state index contributed by atoms with van der Waals surface area (Å²) in [7, 11) is 0. The lowest BCUT2D eigenvalue weighted by molar-refractivity contribution is -0.128. The van der Waals surface area contributed by atoms with E-state index < -0.39 is 0 Å². The molecule has 2 aliphatic rings. The van der Waals surface area contributed by atoms with Crippen LogP contribution in [0.5, 0.6) is 0 Å². The number of carbonyl (C=O) groups is 1. The van der Waals surface area contributed by atoms with Gasteiger partial charge in [-0.25, -0.2) is 4.98 Å². The summed E-state index contributed by atoms with van der Waals surface area (Å²) in [5.74, 6) is 1.17. The summed E-state index contributed by atoms with van der Waals surface area (Å²) in [6.45, 7) is 3.03. The zero-order valence-corrected chi connectivity index (χ0v) is 10.8. The number of nitrogens with one attached hydrogen (secondary N) is 1. The molecule has 2 aliphatic heterocycles. The molecule has 1 amide bonds. The molecule has 0 spiro atoms. The number of amides is 1. The smallest absolute Gasteiger partial charge is 0.223 e. The number of aromatic nitrogens is 2. The minimum atomic E-state index is 0.124. The van der Waals surface area contributed by atoms with E-state index in [-0.39, 0.29) is 17.9 Å². The summed E-state index contributed by atoms with van der Waals surface area (Å²) in [4.78, 5) is 22.4. The maximum atomic E-state index is 12.0. The zero-order chi connectivity index (χ0) is 13.1. The summed E-state index contributed by atoms with van der Waals surface area (Å²) in [5.41, 5.74) is 0. The minimum absolute atomic E-state index is 0.124. The third-order valence-corrected chi connectivity index (χ3v) is 3.69. The molecule has 2 fully saturated rings. The largest absolute Gasteiger partial charge is 0.381 e. The van der Waals surface area contributed by atoms with Gasteiger partial charge in [0.2, 0.25) is 5.91 Å². The Hall–Kier alpha value is -1.69. The van der Waals surface area contributed by atoms with Crippen molar-refractivity contribution in [2.75, 3.05) is 31.2 Å². The topological polar surface area (TPSA) is 67.4 Å². The van der Waals surface area contributed by atoms with Gasteiger partial charge < -0.3 is 15.0 Å². The predicted octanol–water partition coefficient (Wildman–Crippen LogP) is 0.208. The first-order valence-corrected chi connectivity index (χ1v) is 6.72. The molecular formula is C13H18N4O2. The van der Waals surface area contributed by atoms with E-state index in [0.29, 0.717) is 13.2 Å². The number of nitrogens with zero attached hydrogens (tertiary/aromatic N) is 3. The first-order valence-electron chi connectivity index (χ1n) is 6.72. The molecule has 6 heteroatoms. The number of carbonyl (C=O) groups excluding carboxylic acids is 1. The van der Waals surface area contributed by atoms with E-state index in [1.165, 1.54) is 0 Å². The third kappa shape index (κ3) is 2.84. The van der Waals surface area contributed by atoms with Gasteiger partial charge in [0.05, 0.1) is 12.2 Å². The van der Waals surface area contributed by atoms with Crippen molar-refractivity contribution in [3.05, 3.63) is 18.6 Å². The summed E-state index contributed by atoms with van der Waals surface area (Å²) >= 11 is 0. The van der Waals surface area contributed by atoms with Gasteiger partial charge in [0, 0.05) is 44.6 Å².